The first-order valence-electron chi connectivity index (χ1n) is 15.0. The van der Waals surface area contributed by atoms with Crippen LogP contribution >= 0.6 is 0 Å². The van der Waals surface area contributed by atoms with Gasteiger partial charge in [0.2, 0.25) is 5.91 Å². The zero-order chi connectivity index (χ0) is 32.8. The molecule has 0 aliphatic heterocycles. The number of nitrogens with zero attached hydrogens (tertiary/aromatic N) is 4. The second-order valence-electron chi connectivity index (χ2n) is 11.6. The van der Waals surface area contributed by atoms with Crippen molar-refractivity contribution in [2.24, 2.45) is 5.73 Å². The van der Waals surface area contributed by atoms with Gasteiger partial charge < -0.3 is 10.8 Å². The van der Waals surface area contributed by atoms with E-state index < -0.39 is 11.9 Å². The molecule has 4 heterocycles. The van der Waals surface area contributed by atoms with Crippen LogP contribution in [0.5, 0.6) is 0 Å². The van der Waals surface area contributed by atoms with E-state index in [1.165, 1.54) is 6.07 Å². The molecule has 0 spiro atoms. The van der Waals surface area contributed by atoms with Gasteiger partial charge in [-0.3, -0.25) is 23.2 Å². The number of carbonyl (C=O) groups is 2. The van der Waals surface area contributed by atoms with E-state index in [1.54, 1.807) is 39.1 Å². The molecule has 10 nitrogen and oxygen atoms in total. The molecule has 10 heteroatoms. The number of carbonyl (C=O) groups excluding carboxylic acids is 1. The zero-order valence-electron chi connectivity index (χ0n) is 24.8. The number of imidazole rings is 2. The monoisotopic (exact) mass is 659 g/mol. The smallest absolute Gasteiger partial charge is 0.336 e. The van der Waals surface area contributed by atoms with E-state index in [0.29, 0.717) is 43.8 Å². The van der Waals surface area contributed by atoms with Crippen LogP contribution in [-0.2, 0) is 0 Å². The first-order chi connectivity index (χ1) is 23.3. The number of pyridine rings is 2. The summed E-state index contributed by atoms with van der Waals surface area (Å²) in [5, 5.41) is 14.7. The number of hydrogen-bond acceptors (Lipinski definition) is 6. The minimum absolute atomic E-state index is 0. The number of benzene rings is 6. The van der Waals surface area contributed by atoms with Gasteiger partial charge in [0.15, 0.2) is 0 Å². The summed E-state index contributed by atoms with van der Waals surface area (Å²) in [4.78, 5) is 58.5. The van der Waals surface area contributed by atoms with Crippen LogP contribution in [0, 0.1) is 0 Å². The van der Waals surface area contributed by atoms with Crippen molar-refractivity contribution in [2.45, 2.75) is 14.9 Å². The number of primary amides is 1. The summed E-state index contributed by atoms with van der Waals surface area (Å²) >= 11 is 0. The second-order valence-corrected chi connectivity index (χ2v) is 11.6. The van der Waals surface area contributed by atoms with E-state index >= 15 is 0 Å². The van der Waals surface area contributed by atoms with Crippen LogP contribution in [0.2, 0.25) is 0 Å². The first kappa shape index (κ1) is 31.6. The van der Waals surface area contributed by atoms with Crippen LogP contribution in [0.15, 0.2) is 119 Å². The maximum absolute atomic E-state index is 13.1. The van der Waals surface area contributed by atoms with Gasteiger partial charge in [-0.1, -0.05) is 75.5 Å². The number of carboxylic acids is 1. The molecule has 0 aliphatic carbocycles. The van der Waals surface area contributed by atoms with Crippen LogP contribution in [-0.4, -0.2) is 35.8 Å². The molecule has 0 fully saturated rings. The Morgan fingerprint density at radius 2 is 0.940 bits per heavy atom. The van der Waals surface area contributed by atoms with Crippen molar-refractivity contribution in [3.8, 4) is 0 Å². The summed E-state index contributed by atoms with van der Waals surface area (Å²) < 4.78 is 3.24. The molecule has 244 valence electrons. The number of carboxylic acid groups (broad SMARTS) is 1. The van der Waals surface area contributed by atoms with Crippen LogP contribution < -0.4 is 16.9 Å². The first-order valence-corrected chi connectivity index (χ1v) is 15.0. The van der Waals surface area contributed by atoms with Crippen molar-refractivity contribution in [1.82, 2.24) is 18.8 Å². The Balaban J connectivity index is 0.000000151. The van der Waals surface area contributed by atoms with Crippen molar-refractivity contribution in [3.05, 3.63) is 141 Å². The number of nitrogens with two attached hydrogens (primary N) is 1. The summed E-state index contributed by atoms with van der Waals surface area (Å²) in [5.41, 5.74) is 9.95. The van der Waals surface area contributed by atoms with Gasteiger partial charge in [0.25, 0.3) is 11.1 Å². The molecule has 0 bridgehead atoms. The molecule has 1 amide bonds. The maximum Gasteiger partial charge on any atom is 0.336 e. The van der Waals surface area contributed by atoms with Gasteiger partial charge in [0, 0.05) is 37.9 Å². The Kier molecular flexibility index (Phi) is 7.18. The van der Waals surface area contributed by atoms with Gasteiger partial charge in [-0.25, -0.2) is 14.8 Å². The SMILES string of the molecule is C.C.NC(=O)c1ccc2c(=O)n3c4ccccc4nc3c3cccc1c23.O=C(O)c1ccc2c(=O)n3c4ccccc4nc3c3cccc1c23. The fourth-order valence-electron chi connectivity index (χ4n) is 7.01. The number of fused-ring (bicyclic) bond motifs is 8. The quantitative estimate of drug-likeness (QED) is 0.198. The highest BCUT2D eigenvalue weighted by Crippen LogP contribution is 2.33. The third-order valence-electron chi connectivity index (χ3n) is 9.05. The minimum atomic E-state index is -1.01. The summed E-state index contributed by atoms with van der Waals surface area (Å²) in [6.07, 6.45) is 0. The fourth-order valence-corrected chi connectivity index (χ4v) is 7.01. The number of amides is 1. The molecule has 10 rings (SSSR count). The molecule has 4 aromatic heterocycles. The van der Waals surface area contributed by atoms with Crippen LogP contribution in [0.4, 0.5) is 0 Å². The van der Waals surface area contributed by atoms with Gasteiger partial charge in [-0.05, 0) is 59.3 Å². The predicted octanol–water partition coefficient (Wildman–Crippen LogP) is 7.25. The highest BCUT2D eigenvalue weighted by molar-refractivity contribution is 6.21. The minimum Gasteiger partial charge on any atom is -0.478 e. The molecule has 0 radical (unpaired) electrons. The van der Waals surface area contributed by atoms with Crippen molar-refractivity contribution >= 4 is 88.3 Å². The standard InChI is InChI=1S/C19H11N3O2.C19H10N2O3.2CH4/c20-17(23)11-8-9-13-16-10(11)4-3-5-12(16)18-21-14-6-1-2-7-15(14)22(18)19(13)24;22-18-13-9-8-11(19(23)24)10-4-3-5-12(16(10)13)17-20-14-6-1-2-7-15(14)21(17)18;;/h1-9H,(H2,20,23);1-9H,(H,23,24);2*1H4. The molecule has 10 aromatic rings. The summed E-state index contributed by atoms with van der Waals surface area (Å²) in [6, 6.07) is 32.4. The summed E-state index contributed by atoms with van der Waals surface area (Å²) in [7, 11) is 0. The fraction of sp³-hybridized carbons (Fsp3) is 0.0500. The lowest BCUT2D eigenvalue weighted by Gasteiger charge is -2.09. The van der Waals surface area contributed by atoms with E-state index in [2.05, 4.69) is 9.97 Å². The van der Waals surface area contributed by atoms with E-state index in [9.17, 15) is 24.3 Å². The summed E-state index contributed by atoms with van der Waals surface area (Å²) in [5.74, 6) is -1.52. The van der Waals surface area contributed by atoms with Gasteiger partial charge in [-0.2, -0.15) is 0 Å². The predicted molar refractivity (Wildman–Crippen MR) is 199 cm³/mol. The zero-order valence-corrected chi connectivity index (χ0v) is 24.8. The van der Waals surface area contributed by atoms with Crippen LogP contribution in [0.3, 0.4) is 0 Å². The third-order valence-corrected chi connectivity index (χ3v) is 9.05. The molecular formula is C40H29N5O5. The van der Waals surface area contributed by atoms with E-state index in [-0.39, 0.29) is 31.5 Å². The van der Waals surface area contributed by atoms with Gasteiger partial charge in [0.05, 0.1) is 27.6 Å². The van der Waals surface area contributed by atoms with Crippen molar-refractivity contribution in [3.63, 3.8) is 0 Å². The van der Waals surface area contributed by atoms with Crippen molar-refractivity contribution < 1.29 is 14.7 Å². The number of para-hydroxylation sites is 4. The molecule has 0 saturated heterocycles. The Bertz CT molecular complexity index is 2920. The summed E-state index contributed by atoms with van der Waals surface area (Å²) in [6.45, 7) is 0. The number of aromatic nitrogens is 4. The highest BCUT2D eigenvalue weighted by Gasteiger charge is 2.20. The molecule has 0 atom stereocenters. The van der Waals surface area contributed by atoms with E-state index in [0.717, 1.165) is 38.2 Å². The lowest BCUT2D eigenvalue weighted by Crippen LogP contribution is -2.15. The lowest BCUT2D eigenvalue weighted by atomic mass is 9.98. The van der Waals surface area contributed by atoms with E-state index in [4.69, 9.17) is 5.73 Å². The average molecular weight is 660 g/mol. The number of rotatable bonds is 2. The lowest BCUT2D eigenvalue weighted by molar-refractivity contribution is 0.0698. The molecule has 0 unspecified atom stereocenters. The Morgan fingerprint density at radius 1 is 0.520 bits per heavy atom. The van der Waals surface area contributed by atoms with Crippen LogP contribution in [0.1, 0.15) is 35.6 Å². The molecule has 50 heavy (non-hydrogen) atoms. The van der Waals surface area contributed by atoms with Crippen molar-refractivity contribution in [2.75, 3.05) is 0 Å². The third kappa shape index (κ3) is 4.21. The maximum atomic E-state index is 13.1. The number of aromatic carboxylic acids is 1. The van der Waals surface area contributed by atoms with Gasteiger partial charge >= 0.3 is 5.97 Å². The van der Waals surface area contributed by atoms with Crippen LogP contribution in [0.25, 0.3) is 76.5 Å². The number of hydrogen-bond donors (Lipinski definition) is 2. The molecule has 3 N–H and O–H groups in total. The molecule has 0 saturated carbocycles. The Morgan fingerprint density at radius 3 is 1.40 bits per heavy atom. The van der Waals surface area contributed by atoms with Gasteiger partial charge in [0.1, 0.15) is 11.3 Å². The van der Waals surface area contributed by atoms with E-state index in [1.807, 2.05) is 72.8 Å². The molecule has 6 aromatic carbocycles. The van der Waals surface area contributed by atoms with Gasteiger partial charge in [-0.15, -0.1) is 0 Å². The Hall–Kier alpha value is -6.94. The Labute approximate surface area is 282 Å². The largest absolute Gasteiger partial charge is 0.478 e. The van der Waals surface area contributed by atoms with Crippen molar-refractivity contribution in [1.29, 1.82) is 0 Å². The molecule has 0 aliphatic rings. The average Bonchev–Trinajstić information content (AvgIpc) is 3.69. The second kappa shape index (κ2) is 11.3. The highest BCUT2D eigenvalue weighted by atomic mass is 16.4. The molecular weight excluding hydrogens is 630 g/mol. The normalized spacial score (nSPS) is 11.4. The topological polar surface area (TPSA) is 149 Å².